The Kier molecular flexibility index (Phi) is 6.09. The number of halogens is 2. The zero-order valence-electron chi connectivity index (χ0n) is 13.8. The maximum atomic E-state index is 14.2. The molecule has 142 valence electrons. The predicted octanol–water partition coefficient (Wildman–Crippen LogP) is 2.10. The lowest BCUT2D eigenvalue weighted by atomic mass is 10.2. The minimum atomic E-state index is -1.10. The van der Waals surface area contributed by atoms with E-state index in [1.807, 2.05) is 22.6 Å². The van der Waals surface area contributed by atoms with Gasteiger partial charge in [0, 0.05) is 16.2 Å². The molecule has 7 nitrogen and oxygen atoms in total. The summed E-state index contributed by atoms with van der Waals surface area (Å²) in [4.78, 5) is 12.9. The van der Waals surface area contributed by atoms with Gasteiger partial charge < -0.3 is 26.1 Å². The van der Waals surface area contributed by atoms with Crippen LogP contribution in [0.15, 0.2) is 36.5 Å². The fourth-order valence-electron chi connectivity index (χ4n) is 2.43. The maximum absolute atomic E-state index is 14.2. The summed E-state index contributed by atoms with van der Waals surface area (Å²) in [5.41, 5.74) is 0.340. The second-order valence-electron chi connectivity index (χ2n) is 5.65. The molecular weight excluding hydrogens is 488 g/mol. The Hall–Kier alpha value is -2.02. The molecule has 1 aromatic carbocycles. The standard InChI is InChI=1S/C17H15FIN3O4S/c18-12-6-9(19)3-4-13(12)21-16-14(15(25)20-7-10(24)8-23)11-2-1-5-22(26)17(11)27-16/h1-6,10,21,23-24H,7-8H2,(H,20,25). The molecule has 0 aliphatic rings. The summed E-state index contributed by atoms with van der Waals surface area (Å²) in [7, 11) is 0. The quantitative estimate of drug-likeness (QED) is 0.234. The normalized spacial score (nSPS) is 12.1. The molecule has 2 heterocycles. The van der Waals surface area contributed by atoms with Crippen LogP contribution in [-0.2, 0) is 0 Å². The number of aromatic nitrogens is 1. The molecule has 0 radical (unpaired) electrons. The van der Waals surface area contributed by atoms with Crippen LogP contribution >= 0.6 is 33.9 Å². The highest BCUT2D eigenvalue weighted by atomic mass is 127. The molecule has 1 amide bonds. The minimum Gasteiger partial charge on any atom is -0.618 e. The van der Waals surface area contributed by atoms with E-state index in [1.54, 1.807) is 18.2 Å². The van der Waals surface area contributed by atoms with Gasteiger partial charge in [-0.15, -0.1) is 0 Å². The topological polar surface area (TPSA) is 109 Å². The van der Waals surface area contributed by atoms with E-state index < -0.39 is 24.4 Å². The number of rotatable bonds is 6. The summed E-state index contributed by atoms with van der Waals surface area (Å²) < 4.78 is 15.6. The van der Waals surface area contributed by atoms with Gasteiger partial charge in [-0.1, -0.05) is 0 Å². The van der Waals surface area contributed by atoms with Gasteiger partial charge in [0.1, 0.15) is 10.8 Å². The van der Waals surface area contributed by atoms with E-state index in [0.717, 1.165) is 14.9 Å². The summed E-state index contributed by atoms with van der Waals surface area (Å²) in [5.74, 6) is -1.04. The number of nitrogens with one attached hydrogen (secondary N) is 2. The fraction of sp³-hybridized carbons (Fsp3) is 0.176. The lowest BCUT2D eigenvalue weighted by molar-refractivity contribution is -0.574. The van der Waals surface area contributed by atoms with Crippen molar-refractivity contribution in [3.05, 3.63) is 56.7 Å². The lowest BCUT2D eigenvalue weighted by Crippen LogP contribution is -2.34. The SMILES string of the molecule is O=C(NCC(O)CO)c1c(Nc2ccc(I)cc2F)sc2c1ccc[n+]2[O-]. The van der Waals surface area contributed by atoms with Crippen molar-refractivity contribution in [1.29, 1.82) is 0 Å². The van der Waals surface area contributed by atoms with Crippen molar-refractivity contribution < 1.29 is 24.1 Å². The molecule has 3 aromatic rings. The molecule has 0 fully saturated rings. The first-order valence-electron chi connectivity index (χ1n) is 7.84. The number of aliphatic hydroxyl groups is 2. The molecule has 0 saturated heterocycles. The van der Waals surface area contributed by atoms with Crippen LogP contribution < -0.4 is 15.4 Å². The van der Waals surface area contributed by atoms with Crippen molar-refractivity contribution in [2.24, 2.45) is 0 Å². The number of carbonyl (C=O) groups excluding carboxylic acids is 1. The number of nitrogens with zero attached hydrogens (tertiary/aromatic N) is 1. The molecule has 0 spiro atoms. The van der Waals surface area contributed by atoms with Crippen molar-refractivity contribution in [3.63, 3.8) is 0 Å². The van der Waals surface area contributed by atoms with Crippen LogP contribution in [0, 0.1) is 14.6 Å². The largest absolute Gasteiger partial charge is 0.618 e. The zero-order chi connectivity index (χ0) is 19.6. The van der Waals surface area contributed by atoms with Gasteiger partial charge in [-0.3, -0.25) is 4.79 Å². The van der Waals surface area contributed by atoms with Gasteiger partial charge in [-0.05, 0) is 58.2 Å². The number of amides is 1. The van der Waals surface area contributed by atoms with Crippen molar-refractivity contribution >= 4 is 60.7 Å². The predicted molar refractivity (Wildman–Crippen MR) is 109 cm³/mol. The van der Waals surface area contributed by atoms with Gasteiger partial charge in [-0.2, -0.15) is 4.73 Å². The third-order valence-corrected chi connectivity index (χ3v) is 5.50. The van der Waals surface area contributed by atoms with Crippen LogP contribution in [0.3, 0.4) is 0 Å². The Balaban J connectivity index is 2.03. The second-order valence-corrected chi connectivity index (χ2v) is 7.90. The number of hydrogen-bond donors (Lipinski definition) is 4. The summed E-state index contributed by atoms with van der Waals surface area (Å²) in [6.45, 7) is -0.654. The first-order chi connectivity index (χ1) is 12.9. The number of pyridine rings is 1. The number of anilines is 2. The molecular formula is C17H15FIN3O4S. The number of fused-ring (bicyclic) bond motifs is 1. The van der Waals surface area contributed by atoms with Crippen molar-refractivity contribution in [1.82, 2.24) is 5.32 Å². The first kappa shape index (κ1) is 19.7. The highest BCUT2D eigenvalue weighted by Crippen LogP contribution is 2.36. The van der Waals surface area contributed by atoms with Gasteiger partial charge in [0.05, 0.1) is 29.3 Å². The Morgan fingerprint density at radius 1 is 1.41 bits per heavy atom. The van der Waals surface area contributed by atoms with E-state index in [-0.39, 0.29) is 17.8 Å². The third kappa shape index (κ3) is 4.29. The van der Waals surface area contributed by atoms with Gasteiger partial charge in [0.2, 0.25) is 0 Å². The van der Waals surface area contributed by atoms with Gasteiger partial charge in [-0.25, -0.2) is 4.39 Å². The monoisotopic (exact) mass is 503 g/mol. The Morgan fingerprint density at radius 3 is 2.89 bits per heavy atom. The van der Waals surface area contributed by atoms with E-state index in [9.17, 15) is 19.5 Å². The number of hydrogen-bond acceptors (Lipinski definition) is 6. The van der Waals surface area contributed by atoms with Crippen LogP contribution in [0.25, 0.3) is 10.2 Å². The van der Waals surface area contributed by atoms with Crippen molar-refractivity contribution in [2.45, 2.75) is 6.10 Å². The Morgan fingerprint density at radius 2 is 2.19 bits per heavy atom. The van der Waals surface area contributed by atoms with Gasteiger partial charge >= 0.3 is 0 Å². The average Bonchev–Trinajstić information content (AvgIpc) is 3.01. The zero-order valence-corrected chi connectivity index (χ0v) is 16.8. The summed E-state index contributed by atoms with van der Waals surface area (Å²) in [6.07, 6.45) is 0.207. The molecule has 4 N–H and O–H groups in total. The molecule has 1 unspecified atom stereocenters. The Labute approximate surface area is 171 Å². The molecule has 10 heteroatoms. The average molecular weight is 503 g/mol. The lowest BCUT2D eigenvalue weighted by Gasteiger charge is -2.11. The minimum absolute atomic E-state index is 0.159. The van der Waals surface area contributed by atoms with Crippen molar-refractivity contribution in [3.8, 4) is 0 Å². The molecule has 1 atom stereocenters. The van der Waals surface area contributed by atoms with Crippen LogP contribution in [0.2, 0.25) is 0 Å². The summed E-state index contributed by atoms with van der Waals surface area (Å²) in [5, 5.41) is 36.5. The van der Waals surface area contributed by atoms with E-state index in [1.165, 1.54) is 18.3 Å². The molecule has 3 rings (SSSR count). The van der Waals surface area contributed by atoms with Gasteiger partial charge in [0.15, 0.2) is 6.20 Å². The van der Waals surface area contributed by atoms with Crippen LogP contribution in [0.1, 0.15) is 10.4 Å². The summed E-state index contributed by atoms with van der Waals surface area (Å²) >= 11 is 3.01. The number of benzene rings is 1. The van der Waals surface area contributed by atoms with Crippen LogP contribution in [0.4, 0.5) is 15.1 Å². The molecule has 2 aromatic heterocycles. The first-order valence-corrected chi connectivity index (χ1v) is 9.74. The smallest absolute Gasteiger partial charge is 0.282 e. The molecule has 0 aliphatic carbocycles. The van der Waals surface area contributed by atoms with E-state index in [4.69, 9.17) is 5.11 Å². The van der Waals surface area contributed by atoms with E-state index in [2.05, 4.69) is 10.6 Å². The molecule has 0 bridgehead atoms. The highest BCUT2D eigenvalue weighted by Gasteiger charge is 2.24. The fourth-order valence-corrected chi connectivity index (χ4v) is 3.97. The van der Waals surface area contributed by atoms with Crippen LogP contribution in [-0.4, -0.2) is 35.4 Å². The van der Waals surface area contributed by atoms with E-state index in [0.29, 0.717) is 19.9 Å². The Bertz CT molecular complexity index is 998. The number of carbonyl (C=O) groups is 1. The van der Waals surface area contributed by atoms with E-state index >= 15 is 0 Å². The second kappa shape index (κ2) is 8.33. The van der Waals surface area contributed by atoms with Crippen molar-refractivity contribution in [2.75, 3.05) is 18.5 Å². The van der Waals surface area contributed by atoms with Crippen LogP contribution in [0.5, 0.6) is 0 Å². The maximum Gasteiger partial charge on any atom is 0.282 e. The molecule has 27 heavy (non-hydrogen) atoms. The molecule has 0 saturated carbocycles. The van der Waals surface area contributed by atoms with Gasteiger partial charge in [0.25, 0.3) is 10.7 Å². The number of thiophene rings is 1. The third-order valence-electron chi connectivity index (χ3n) is 3.73. The highest BCUT2D eigenvalue weighted by molar-refractivity contribution is 14.1. The molecule has 0 aliphatic heterocycles. The number of aliphatic hydroxyl groups excluding tert-OH is 2. The summed E-state index contributed by atoms with van der Waals surface area (Å²) in [6, 6.07) is 7.74.